The van der Waals surface area contributed by atoms with Gasteiger partial charge in [0.2, 0.25) is 5.91 Å². The lowest BCUT2D eigenvalue weighted by Gasteiger charge is -2.26. The number of carbonyl (C=O) groups excluding carboxylic acids is 1. The van der Waals surface area contributed by atoms with Crippen LogP contribution in [0.25, 0.3) is 0 Å². The van der Waals surface area contributed by atoms with Crippen molar-refractivity contribution < 1.29 is 9.28 Å². The molecule has 1 rings (SSSR count). The Morgan fingerprint density at radius 2 is 2.17 bits per heavy atom. The number of rotatable bonds is 2. The summed E-state index contributed by atoms with van der Waals surface area (Å²) in [6, 6.07) is 0.185. The van der Waals surface area contributed by atoms with Crippen molar-refractivity contribution in [1.29, 1.82) is 0 Å². The molecule has 0 atom stereocenters. The van der Waals surface area contributed by atoms with E-state index in [2.05, 4.69) is 5.32 Å². The average molecular weight is 174 g/mol. The van der Waals surface area contributed by atoms with Crippen LogP contribution in [0.4, 0.5) is 4.48 Å². The van der Waals surface area contributed by atoms with Gasteiger partial charge in [0.05, 0.1) is 0 Å². The molecule has 1 aliphatic heterocycles. The quantitative estimate of drug-likeness (QED) is 0.630. The van der Waals surface area contributed by atoms with Gasteiger partial charge in [-0.25, -0.2) is 0 Å². The van der Waals surface area contributed by atoms with E-state index in [9.17, 15) is 9.28 Å². The maximum Gasteiger partial charge on any atom is 0.219 e. The molecule has 12 heavy (non-hydrogen) atoms. The molecule has 0 aromatic heterocycles. The van der Waals surface area contributed by atoms with Gasteiger partial charge >= 0.3 is 0 Å². The number of nitrogens with zero attached hydrogens (tertiary/aromatic N) is 1. The Kier molecular flexibility index (Phi) is 3.47. The van der Waals surface area contributed by atoms with Crippen molar-refractivity contribution in [1.82, 2.24) is 10.4 Å². The van der Waals surface area contributed by atoms with Gasteiger partial charge in [-0.1, -0.05) is 6.92 Å². The zero-order chi connectivity index (χ0) is 8.97. The van der Waals surface area contributed by atoms with Gasteiger partial charge in [-0.2, -0.15) is 0 Å². The van der Waals surface area contributed by atoms with E-state index in [1.54, 1.807) is 0 Å². The van der Waals surface area contributed by atoms with Gasteiger partial charge in [-0.3, -0.25) is 4.79 Å². The summed E-state index contributed by atoms with van der Waals surface area (Å²) < 4.78 is 12.5. The number of piperidine rings is 1. The second kappa shape index (κ2) is 4.40. The summed E-state index contributed by atoms with van der Waals surface area (Å²) in [6.45, 7) is 2.70. The average Bonchev–Trinajstić information content (AvgIpc) is 2.09. The number of amides is 1. The van der Waals surface area contributed by atoms with Gasteiger partial charge in [-0.15, -0.1) is 9.60 Å². The van der Waals surface area contributed by atoms with Crippen molar-refractivity contribution in [3.05, 3.63) is 0 Å². The monoisotopic (exact) mass is 174 g/mol. The molecule has 1 saturated heterocycles. The molecule has 0 aromatic carbocycles. The molecule has 0 aromatic rings. The van der Waals surface area contributed by atoms with Crippen molar-refractivity contribution in [2.45, 2.75) is 32.2 Å². The molecule has 1 N–H and O–H groups in total. The summed E-state index contributed by atoms with van der Waals surface area (Å²) in [6.07, 6.45) is 1.96. The lowest BCUT2D eigenvalue weighted by molar-refractivity contribution is -0.122. The Balaban J connectivity index is 2.21. The number of hydrogen-bond acceptors (Lipinski definition) is 2. The van der Waals surface area contributed by atoms with Crippen LogP contribution in [0.15, 0.2) is 0 Å². The van der Waals surface area contributed by atoms with Crippen LogP contribution in [0.1, 0.15) is 26.2 Å². The van der Waals surface area contributed by atoms with Crippen LogP contribution in [0.5, 0.6) is 0 Å². The zero-order valence-corrected chi connectivity index (χ0v) is 7.35. The van der Waals surface area contributed by atoms with E-state index < -0.39 is 0 Å². The van der Waals surface area contributed by atoms with Crippen LogP contribution in [0.2, 0.25) is 0 Å². The van der Waals surface area contributed by atoms with Crippen LogP contribution in [0.3, 0.4) is 0 Å². The lowest BCUT2D eigenvalue weighted by Crippen LogP contribution is -2.42. The highest BCUT2D eigenvalue weighted by molar-refractivity contribution is 5.75. The highest BCUT2D eigenvalue weighted by Gasteiger charge is 2.19. The first-order valence-corrected chi connectivity index (χ1v) is 4.42. The Bertz CT molecular complexity index is 155. The van der Waals surface area contributed by atoms with Crippen LogP contribution in [-0.2, 0) is 4.79 Å². The van der Waals surface area contributed by atoms with Gasteiger partial charge in [0.15, 0.2) is 0 Å². The van der Waals surface area contributed by atoms with Crippen molar-refractivity contribution in [2.75, 3.05) is 13.1 Å². The number of halogens is 1. The van der Waals surface area contributed by atoms with Crippen molar-refractivity contribution in [2.24, 2.45) is 0 Å². The SMILES string of the molecule is CCC(=O)NC1CCN(F)CC1. The molecule has 0 spiro atoms. The fourth-order valence-corrected chi connectivity index (χ4v) is 1.32. The number of nitrogens with one attached hydrogen (secondary N) is 1. The molecule has 0 unspecified atom stereocenters. The van der Waals surface area contributed by atoms with Crippen molar-refractivity contribution >= 4 is 5.91 Å². The second-order valence-electron chi connectivity index (χ2n) is 3.11. The van der Waals surface area contributed by atoms with E-state index in [1.807, 2.05) is 6.92 Å². The predicted octanol–water partition coefficient (Wildman–Crippen LogP) is 0.861. The van der Waals surface area contributed by atoms with Gasteiger partial charge in [0, 0.05) is 25.6 Å². The summed E-state index contributed by atoms with van der Waals surface area (Å²) in [5.74, 6) is 0.0623. The van der Waals surface area contributed by atoms with Crippen molar-refractivity contribution in [3.63, 3.8) is 0 Å². The summed E-state index contributed by atoms with van der Waals surface area (Å²) in [7, 11) is 0. The van der Waals surface area contributed by atoms with Crippen molar-refractivity contribution in [3.8, 4) is 0 Å². The molecule has 0 saturated carbocycles. The molecule has 0 aliphatic carbocycles. The van der Waals surface area contributed by atoms with Crippen LogP contribution >= 0.6 is 0 Å². The second-order valence-corrected chi connectivity index (χ2v) is 3.11. The van der Waals surface area contributed by atoms with Gasteiger partial charge in [0.1, 0.15) is 0 Å². The molecule has 1 amide bonds. The molecular weight excluding hydrogens is 159 g/mol. The minimum absolute atomic E-state index is 0.0623. The maximum absolute atomic E-state index is 12.5. The Morgan fingerprint density at radius 3 is 2.67 bits per heavy atom. The number of carbonyl (C=O) groups is 1. The Morgan fingerprint density at radius 1 is 1.58 bits per heavy atom. The smallest absolute Gasteiger partial charge is 0.219 e. The minimum atomic E-state index is 0.0623. The highest BCUT2D eigenvalue weighted by atomic mass is 19.2. The topological polar surface area (TPSA) is 32.3 Å². The van der Waals surface area contributed by atoms with Crippen LogP contribution in [-0.4, -0.2) is 30.2 Å². The van der Waals surface area contributed by atoms with Gasteiger partial charge in [0.25, 0.3) is 0 Å². The molecule has 0 bridgehead atoms. The third-order valence-corrected chi connectivity index (χ3v) is 2.13. The van der Waals surface area contributed by atoms with E-state index in [0.717, 1.165) is 18.0 Å². The largest absolute Gasteiger partial charge is 0.353 e. The minimum Gasteiger partial charge on any atom is -0.353 e. The Labute approximate surface area is 71.9 Å². The van der Waals surface area contributed by atoms with Gasteiger partial charge in [-0.05, 0) is 12.8 Å². The first-order chi connectivity index (χ1) is 5.72. The van der Waals surface area contributed by atoms with E-state index in [1.165, 1.54) is 0 Å². The normalized spacial score (nSPS) is 20.8. The van der Waals surface area contributed by atoms with E-state index >= 15 is 0 Å². The Hall–Kier alpha value is -0.640. The van der Waals surface area contributed by atoms with Crippen LogP contribution < -0.4 is 5.32 Å². The molecule has 3 nitrogen and oxygen atoms in total. The first kappa shape index (κ1) is 9.45. The van der Waals surface area contributed by atoms with Gasteiger partial charge < -0.3 is 5.32 Å². The predicted molar refractivity (Wildman–Crippen MR) is 44.1 cm³/mol. The van der Waals surface area contributed by atoms with Crippen LogP contribution in [0, 0.1) is 0 Å². The maximum atomic E-state index is 12.5. The first-order valence-electron chi connectivity index (χ1n) is 4.42. The van der Waals surface area contributed by atoms with E-state index in [-0.39, 0.29) is 11.9 Å². The molecule has 1 fully saturated rings. The fraction of sp³-hybridized carbons (Fsp3) is 0.875. The molecule has 1 aliphatic rings. The summed E-state index contributed by atoms with van der Waals surface area (Å²) >= 11 is 0. The van der Waals surface area contributed by atoms with E-state index in [0.29, 0.717) is 19.5 Å². The third kappa shape index (κ3) is 2.77. The molecule has 70 valence electrons. The van der Waals surface area contributed by atoms with E-state index in [4.69, 9.17) is 0 Å². The highest BCUT2D eigenvalue weighted by Crippen LogP contribution is 2.09. The number of hydrogen-bond donors (Lipinski definition) is 1. The fourth-order valence-electron chi connectivity index (χ4n) is 1.32. The zero-order valence-electron chi connectivity index (χ0n) is 7.35. The molecule has 0 radical (unpaired) electrons. The third-order valence-electron chi connectivity index (χ3n) is 2.13. The standard InChI is InChI=1S/C8H15FN2O/c1-2-8(12)10-7-3-5-11(9)6-4-7/h7H,2-6H2,1H3,(H,10,12). The molecule has 1 heterocycles. The summed E-state index contributed by atoms with van der Waals surface area (Å²) in [5, 5.41) is 3.66. The lowest BCUT2D eigenvalue weighted by atomic mass is 10.1. The molecule has 4 heteroatoms. The summed E-state index contributed by atoms with van der Waals surface area (Å²) in [4.78, 5) is 10.9. The summed E-state index contributed by atoms with van der Waals surface area (Å²) in [5.41, 5.74) is 0. The molecular formula is C8H15FN2O.